The van der Waals surface area contributed by atoms with E-state index in [-0.39, 0.29) is 23.9 Å². The number of benzene rings is 1. The van der Waals surface area contributed by atoms with Crippen molar-refractivity contribution in [3.05, 3.63) is 53.6 Å². The number of carbonyl (C=O) groups is 2. The highest BCUT2D eigenvalue weighted by Crippen LogP contribution is 2.11. The number of carboxylic acids is 1. The Balaban J connectivity index is 2.03. The van der Waals surface area contributed by atoms with Gasteiger partial charge in [-0.25, -0.2) is 9.78 Å². The molecule has 1 heterocycles. The minimum absolute atomic E-state index is 0.0214. The molecule has 3 N–H and O–H groups in total. The molecule has 0 fully saturated rings. The zero-order chi connectivity index (χ0) is 14.5. The SMILES string of the molecule is CC(NC(=O)Cc1ccccc1C(=O)O)c1ncc[nH]1. The number of nitrogens with one attached hydrogen (secondary N) is 2. The summed E-state index contributed by atoms with van der Waals surface area (Å²) < 4.78 is 0. The third-order valence-electron chi connectivity index (χ3n) is 2.91. The van der Waals surface area contributed by atoms with Crippen molar-refractivity contribution >= 4 is 11.9 Å². The number of aromatic nitrogens is 2. The molecule has 104 valence electrons. The van der Waals surface area contributed by atoms with Gasteiger partial charge in [0.25, 0.3) is 0 Å². The van der Waals surface area contributed by atoms with Gasteiger partial charge in [0.15, 0.2) is 0 Å². The molecule has 0 aliphatic rings. The quantitative estimate of drug-likeness (QED) is 0.769. The highest BCUT2D eigenvalue weighted by atomic mass is 16.4. The van der Waals surface area contributed by atoms with Gasteiger partial charge in [0.1, 0.15) is 5.82 Å². The lowest BCUT2D eigenvalue weighted by Gasteiger charge is -2.12. The molecule has 0 radical (unpaired) electrons. The molecule has 0 spiro atoms. The van der Waals surface area contributed by atoms with Crippen LogP contribution in [-0.2, 0) is 11.2 Å². The second-order valence-electron chi connectivity index (χ2n) is 4.40. The first-order valence-corrected chi connectivity index (χ1v) is 6.17. The summed E-state index contributed by atoms with van der Waals surface area (Å²) in [5, 5.41) is 11.8. The van der Waals surface area contributed by atoms with Crippen LogP contribution in [0.2, 0.25) is 0 Å². The highest BCUT2D eigenvalue weighted by Gasteiger charge is 2.15. The predicted octanol–water partition coefficient (Wildman–Crippen LogP) is 1.53. The largest absolute Gasteiger partial charge is 0.478 e. The lowest BCUT2D eigenvalue weighted by Crippen LogP contribution is -2.29. The van der Waals surface area contributed by atoms with Gasteiger partial charge in [-0.3, -0.25) is 4.79 Å². The van der Waals surface area contributed by atoms with Gasteiger partial charge >= 0.3 is 5.97 Å². The van der Waals surface area contributed by atoms with Crippen LogP contribution in [0.25, 0.3) is 0 Å². The second-order valence-corrected chi connectivity index (χ2v) is 4.40. The van der Waals surface area contributed by atoms with E-state index in [1.807, 2.05) is 0 Å². The Labute approximate surface area is 115 Å². The van der Waals surface area contributed by atoms with Crippen molar-refractivity contribution in [1.29, 1.82) is 0 Å². The lowest BCUT2D eigenvalue weighted by atomic mass is 10.0. The van der Waals surface area contributed by atoms with E-state index in [9.17, 15) is 9.59 Å². The van der Waals surface area contributed by atoms with E-state index < -0.39 is 5.97 Å². The van der Waals surface area contributed by atoms with Gasteiger partial charge < -0.3 is 15.4 Å². The van der Waals surface area contributed by atoms with Crippen molar-refractivity contribution in [2.45, 2.75) is 19.4 Å². The van der Waals surface area contributed by atoms with Crippen LogP contribution in [0.5, 0.6) is 0 Å². The maximum absolute atomic E-state index is 11.9. The summed E-state index contributed by atoms with van der Waals surface area (Å²) in [4.78, 5) is 30.0. The van der Waals surface area contributed by atoms with E-state index in [1.165, 1.54) is 6.07 Å². The summed E-state index contributed by atoms with van der Waals surface area (Å²) in [6.07, 6.45) is 3.31. The van der Waals surface area contributed by atoms with Gasteiger partial charge in [0.2, 0.25) is 5.91 Å². The number of carboxylic acid groups (broad SMARTS) is 1. The molecule has 0 saturated heterocycles. The molecule has 0 bridgehead atoms. The highest BCUT2D eigenvalue weighted by molar-refractivity contribution is 5.91. The number of imidazole rings is 1. The Bertz CT molecular complexity index is 608. The van der Waals surface area contributed by atoms with E-state index in [0.717, 1.165) is 0 Å². The van der Waals surface area contributed by atoms with Crippen LogP contribution in [0, 0.1) is 0 Å². The summed E-state index contributed by atoms with van der Waals surface area (Å²) >= 11 is 0. The smallest absolute Gasteiger partial charge is 0.335 e. The third-order valence-corrected chi connectivity index (χ3v) is 2.91. The first kappa shape index (κ1) is 13.8. The second kappa shape index (κ2) is 6.01. The number of H-pyrrole nitrogens is 1. The number of rotatable bonds is 5. The molecular weight excluding hydrogens is 258 g/mol. The van der Waals surface area contributed by atoms with Gasteiger partial charge in [-0.05, 0) is 18.6 Å². The number of carbonyl (C=O) groups excluding carboxylic acids is 1. The van der Waals surface area contributed by atoms with E-state index in [0.29, 0.717) is 11.4 Å². The summed E-state index contributed by atoms with van der Waals surface area (Å²) in [5.74, 6) is -0.625. The van der Waals surface area contributed by atoms with E-state index in [4.69, 9.17) is 5.11 Å². The summed E-state index contributed by atoms with van der Waals surface area (Å²) in [6.45, 7) is 1.81. The van der Waals surface area contributed by atoms with Crippen molar-refractivity contribution in [2.75, 3.05) is 0 Å². The van der Waals surface area contributed by atoms with Crippen LogP contribution in [0.4, 0.5) is 0 Å². The summed E-state index contributed by atoms with van der Waals surface area (Å²) in [5.41, 5.74) is 0.637. The molecule has 6 nitrogen and oxygen atoms in total. The first-order valence-electron chi connectivity index (χ1n) is 6.17. The molecule has 20 heavy (non-hydrogen) atoms. The van der Waals surface area contributed by atoms with Gasteiger partial charge in [-0.2, -0.15) is 0 Å². The van der Waals surface area contributed by atoms with Crippen molar-refractivity contribution in [1.82, 2.24) is 15.3 Å². The van der Waals surface area contributed by atoms with Crippen LogP contribution in [0.3, 0.4) is 0 Å². The minimum atomic E-state index is -1.03. The van der Waals surface area contributed by atoms with Crippen molar-refractivity contribution < 1.29 is 14.7 Å². The first-order chi connectivity index (χ1) is 9.58. The van der Waals surface area contributed by atoms with E-state index >= 15 is 0 Å². The van der Waals surface area contributed by atoms with Gasteiger partial charge in [0, 0.05) is 12.4 Å². The molecule has 2 rings (SSSR count). The zero-order valence-electron chi connectivity index (χ0n) is 11.0. The van der Waals surface area contributed by atoms with E-state index in [2.05, 4.69) is 15.3 Å². The van der Waals surface area contributed by atoms with Crippen molar-refractivity contribution in [3.63, 3.8) is 0 Å². The molecule has 1 amide bonds. The number of amides is 1. The molecule has 6 heteroatoms. The number of aromatic amines is 1. The molecule has 1 aromatic carbocycles. The minimum Gasteiger partial charge on any atom is -0.478 e. The summed E-state index contributed by atoms with van der Waals surface area (Å²) in [7, 11) is 0. The molecule has 1 aromatic heterocycles. The molecule has 1 atom stereocenters. The molecule has 1 unspecified atom stereocenters. The van der Waals surface area contributed by atoms with Gasteiger partial charge in [0.05, 0.1) is 18.0 Å². The molecular formula is C14H15N3O3. The standard InChI is InChI=1S/C14H15N3O3/c1-9(13-15-6-7-16-13)17-12(18)8-10-4-2-3-5-11(10)14(19)20/h2-7,9H,8H2,1H3,(H,15,16)(H,17,18)(H,19,20). The average Bonchev–Trinajstić information content (AvgIpc) is 2.92. The Hall–Kier alpha value is -2.63. The fraction of sp³-hybridized carbons (Fsp3) is 0.214. The predicted molar refractivity (Wildman–Crippen MR) is 72.3 cm³/mol. The Kier molecular flexibility index (Phi) is 4.14. The topological polar surface area (TPSA) is 95.1 Å². The average molecular weight is 273 g/mol. The van der Waals surface area contributed by atoms with Crippen LogP contribution < -0.4 is 5.32 Å². The summed E-state index contributed by atoms with van der Waals surface area (Å²) in [6, 6.07) is 6.22. The molecule has 0 aliphatic heterocycles. The zero-order valence-corrected chi connectivity index (χ0v) is 11.0. The Morgan fingerprint density at radius 3 is 2.80 bits per heavy atom. The van der Waals surface area contributed by atoms with Crippen molar-refractivity contribution in [2.24, 2.45) is 0 Å². The molecule has 0 aliphatic carbocycles. The normalized spacial score (nSPS) is 11.8. The maximum Gasteiger partial charge on any atom is 0.335 e. The Morgan fingerprint density at radius 1 is 1.40 bits per heavy atom. The van der Waals surface area contributed by atoms with Crippen LogP contribution in [0.1, 0.15) is 34.7 Å². The monoisotopic (exact) mass is 273 g/mol. The van der Waals surface area contributed by atoms with Gasteiger partial charge in [-0.1, -0.05) is 18.2 Å². The lowest BCUT2D eigenvalue weighted by molar-refractivity contribution is -0.121. The van der Waals surface area contributed by atoms with Crippen LogP contribution in [0.15, 0.2) is 36.7 Å². The third kappa shape index (κ3) is 3.23. The molecule has 0 saturated carbocycles. The fourth-order valence-electron chi connectivity index (χ4n) is 1.93. The van der Waals surface area contributed by atoms with Crippen LogP contribution in [-0.4, -0.2) is 27.0 Å². The molecule has 2 aromatic rings. The Morgan fingerprint density at radius 2 is 2.15 bits per heavy atom. The number of hydrogen-bond donors (Lipinski definition) is 3. The number of nitrogens with zero attached hydrogens (tertiary/aromatic N) is 1. The maximum atomic E-state index is 11.9. The van der Waals surface area contributed by atoms with E-state index in [1.54, 1.807) is 37.5 Å². The van der Waals surface area contributed by atoms with Crippen molar-refractivity contribution in [3.8, 4) is 0 Å². The van der Waals surface area contributed by atoms with Crippen LogP contribution >= 0.6 is 0 Å². The fourth-order valence-corrected chi connectivity index (χ4v) is 1.93. The number of aromatic carboxylic acids is 1. The number of hydrogen-bond acceptors (Lipinski definition) is 3. The van der Waals surface area contributed by atoms with Gasteiger partial charge in [-0.15, -0.1) is 0 Å².